The fourth-order valence-corrected chi connectivity index (χ4v) is 0. The summed E-state index contributed by atoms with van der Waals surface area (Å²) >= 11 is 1.21. The van der Waals surface area contributed by atoms with Crippen LogP contribution in [0.1, 0.15) is 0 Å². The van der Waals surface area contributed by atoms with E-state index in [2.05, 4.69) is 6.58 Å². The van der Waals surface area contributed by atoms with Gasteiger partial charge < -0.3 is 12.4 Å². The summed E-state index contributed by atoms with van der Waals surface area (Å²) in [6.45, 7) is 3.42. The zero-order chi connectivity index (χ0) is 2.71. The van der Waals surface area contributed by atoms with Crippen LogP contribution in [0.15, 0.2) is 11.2 Å². The van der Waals surface area contributed by atoms with Gasteiger partial charge in [-0.25, -0.2) is 0 Å². The maximum Gasteiger partial charge on any atom is -1.00 e. The van der Waals surface area contributed by atoms with Crippen molar-refractivity contribution >= 4 is 0 Å². The molecule has 0 radical (unpaired) electrons. The molecule has 0 aliphatic heterocycles. The van der Waals surface area contributed by atoms with E-state index in [1.54, 1.807) is 0 Å². The molecular weight excluding hydrogens is 125 g/mol. The fraction of sp³-hybridized carbons (Fsp3) is 0. The molecule has 0 saturated heterocycles. The van der Waals surface area contributed by atoms with Crippen LogP contribution in [0.5, 0.6) is 0 Å². The molecule has 20 valence electrons. The molecule has 0 aliphatic carbocycles. The molecule has 0 aliphatic rings. The second kappa shape index (κ2) is 9.41. The van der Waals surface area contributed by atoms with Crippen LogP contribution in [-0.2, 0) is 18.3 Å². The molecule has 0 atom stereocenters. The predicted molar refractivity (Wildman–Crippen MR) is 10.2 cm³/mol. The first-order valence-electron chi connectivity index (χ1n) is 0.816. The Balaban J connectivity index is 0. The Morgan fingerprint density at radius 3 is 1.75 bits per heavy atom. The van der Waals surface area contributed by atoms with Gasteiger partial charge in [-0.1, -0.05) is 0 Å². The first kappa shape index (κ1) is 8.82. The average molecular weight is 128 g/mol. The molecule has 0 saturated carbocycles. The van der Waals surface area contributed by atoms with Gasteiger partial charge in [-0.2, -0.15) is 0 Å². The Morgan fingerprint density at radius 1 is 1.75 bits per heavy atom. The predicted octanol–water partition coefficient (Wildman–Crippen LogP) is -2.32. The molecule has 0 amide bonds. The van der Waals surface area contributed by atoms with E-state index in [-0.39, 0.29) is 12.4 Å². The quantitative estimate of drug-likeness (QED) is 0.321. The van der Waals surface area contributed by atoms with Crippen LogP contribution < -0.4 is 12.4 Å². The van der Waals surface area contributed by atoms with Crippen molar-refractivity contribution in [3.63, 3.8) is 0 Å². The summed E-state index contributed by atoms with van der Waals surface area (Å²) in [5, 5.41) is 0. The summed E-state index contributed by atoms with van der Waals surface area (Å²) in [5.41, 5.74) is 0. The SMILES string of the molecule is C=[CH][Zn+].[Cl-]. The monoisotopic (exact) mass is 126 g/mol. The Morgan fingerprint density at radius 2 is 1.75 bits per heavy atom. The summed E-state index contributed by atoms with van der Waals surface area (Å²) in [5.74, 6) is 0. The molecule has 0 aromatic heterocycles. The van der Waals surface area contributed by atoms with E-state index in [0.717, 1.165) is 0 Å². The van der Waals surface area contributed by atoms with Crippen molar-refractivity contribution in [2.24, 2.45) is 0 Å². The number of rotatable bonds is 0. The molecule has 4 heavy (non-hydrogen) atoms. The molecular formula is C2H3ClZn. The molecule has 0 rings (SSSR count). The van der Waals surface area contributed by atoms with Crippen LogP contribution in [0.4, 0.5) is 0 Å². The summed E-state index contributed by atoms with van der Waals surface area (Å²) in [6.07, 6.45) is 0. The van der Waals surface area contributed by atoms with E-state index in [9.17, 15) is 0 Å². The smallest absolute Gasteiger partial charge is 1.00 e. The van der Waals surface area contributed by atoms with Crippen molar-refractivity contribution in [1.29, 1.82) is 0 Å². The van der Waals surface area contributed by atoms with Crippen molar-refractivity contribution in [1.82, 2.24) is 0 Å². The topological polar surface area (TPSA) is 0 Å². The second-order valence-electron chi connectivity index (χ2n) is 0.289. The average Bonchev–Trinajstić information content (AvgIpc) is 0.918. The van der Waals surface area contributed by atoms with E-state index < -0.39 is 0 Å². The molecule has 0 N–H and O–H groups in total. The van der Waals surface area contributed by atoms with Gasteiger partial charge in [0.2, 0.25) is 0 Å². The minimum absolute atomic E-state index is 0. The van der Waals surface area contributed by atoms with E-state index in [1.807, 2.05) is 4.67 Å². The van der Waals surface area contributed by atoms with Crippen molar-refractivity contribution in [3.05, 3.63) is 11.2 Å². The zero-order valence-electron chi connectivity index (χ0n) is 2.37. The molecule has 2 heteroatoms. The van der Waals surface area contributed by atoms with Crippen LogP contribution >= 0.6 is 0 Å². The summed E-state index contributed by atoms with van der Waals surface area (Å²) < 4.78 is 1.88. The second-order valence-corrected chi connectivity index (χ2v) is 1.50. The van der Waals surface area contributed by atoms with Crippen molar-refractivity contribution in [2.75, 3.05) is 0 Å². The minimum Gasteiger partial charge on any atom is -1.00 e. The molecule has 0 spiro atoms. The molecule has 0 heterocycles. The number of halogens is 1. The van der Waals surface area contributed by atoms with Crippen LogP contribution in [0.2, 0.25) is 0 Å². The summed E-state index contributed by atoms with van der Waals surface area (Å²) in [4.78, 5) is 0. The van der Waals surface area contributed by atoms with Crippen molar-refractivity contribution < 1.29 is 30.7 Å². The van der Waals surface area contributed by atoms with Crippen molar-refractivity contribution in [2.45, 2.75) is 0 Å². The Labute approximate surface area is 42.4 Å². The standard InChI is InChI=1S/C2H3.ClH.Zn/c1-2;;/h1H,2H2;1H;/q;;+1/p-1. The van der Waals surface area contributed by atoms with Crippen molar-refractivity contribution in [3.8, 4) is 0 Å². The van der Waals surface area contributed by atoms with Gasteiger partial charge in [0.25, 0.3) is 0 Å². The third kappa shape index (κ3) is 17.0. The Bertz CT molecular complexity index is 13.5. The summed E-state index contributed by atoms with van der Waals surface area (Å²) in [6, 6.07) is 0. The van der Waals surface area contributed by atoms with Gasteiger partial charge in [0.1, 0.15) is 0 Å². The van der Waals surface area contributed by atoms with Gasteiger partial charge in [0, 0.05) is 0 Å². The van der Waals surface area contributed by atoms with Crippen LogP contribution in [0.3, 0.4) is 0 Å². The Kier molecular flexibility index (Phi) is 20.8. The van der Waals surface area contributed by atoms with Gasteiger partial charge in [-0.05, 0) is 0 Å². The first-order chi connectivity index (χ1) is 1.41. The minimum atomic E-state index is 0. The molecule has 0 bridgehead atoms. The normalized spacial score (nSPS) is 3.50. The van der Waals surface area contributed by atoms with E-state index in [1.165, 1.54) is 18.3 Å². The van der Waals surface area contributed by atoms with E-state index in [0.29, 0.717) is 0 Å². The third-order valence-corrected chi connectivity index (χ3v) is 0. The zero-order valence-corrected chi connectivity index (χ0v) is 6.09. The molecule has 0 aromatic carbocycles. The molecule has 0 nitrogen and oxygen atoms in total. The number of hydrogen-bond acceptors (Lipinski definition) is 0. The van der Waals surface area contributed by atoms with Gasteiger partial charge in [-0.15, -0.1) is 0 Å². The van der Waals surface area contributed by atoms with E-state index >= 15 is 0 Å². The first-order valence-corrected chi connectivity index (χ1v) is 2.53. The molecule has 0 unspecified atom stereocenters. The Hall–Kier alpha value is 0.653. The largest absolute Gasteiger partial charge is 1.00 e. The third-order valence-electron chi connectivity index (χ3n) is 0. The van der Waals surface area contributed by atoms with Crippen LogP contribution in [0.25, 0.3) is 0 Å². The molecule has 0 aromatic rings. The van der Waals surface area contributed by atoms with Crippen LogP contribution in [-0.4, -0.2) is 0 Å². The molecule has 0 fully saturated rings. The van der Waals surface area contributed by atoms with Gasteiger partial charge in [0.15, 0.2) is 0 Å². The van der Waals surface area contributed by atoms with Gasteiger partial charge in [-0.3, -0.25) is 0 Å². The fourth-order valence-electron chi connectivity index (χ4n) is 0. The number of hydrogen-bond donors (Lipinski definition) is 0. The van der Waals surface area contributed by atoms with E-state index in [4.69, 9.17) is 0 Å². The van der Waals surface area contributed by atoms with Gasteiger partial charge in [0.05, 0.1) is 0 Å². The maximum absolute atomic E-state index is 3.42. The summed E-state index contributed by atoms with van der Waals surface area (Å²) in [7, 11) is 0. The van der Waals surface area contributed by atoms with Crippen LogP contribution in [0, 0.1) is 0 Å². The maximum atomic E-state index is 3.42. The van der Waals surface area contributed by atoms with Gasteiger partial charge >= 0.3 is 29.6 Å².